The number of esters is 2. The maximum Gasteiger partial charge on any atom is 0.350 e. The van der Waals surface area contributed by atoms with Gasteiger partial charge in [-0.1, -0.05) is 18.7 Å². The lowest BCUT2D eigenvalue weighted by atomic mass is 10.1. The summed E-state index contributed by atoms with van der Waals surface area (Å²) in [5, 5.41) is 0. The Kier molecular flexibility index (Phi) is 5.96. The molecule has 5 heteroatoms. The molecule has 0 spiro atoms. The second-order valence-electron chi connectivity index (χ2n) is 6.53. The van der Waals surface area contributed by atoms with E-state index in [1.54, 1.807) is 52.8 Å². The highest BCUT2D eigenvalue weighted by molar-refractivity contribution is 5.90. The average molecular weight is 320 g/mol. The van der Waals surface area contributed by atoms with Gasteiger partial charge in [-0.15, -0.1) is 0 Å². The van der Waals surface area contributed by atoms with E-state index in [-0.39, 0.29) is 6.61 Å². The van der Waals surface area contributed by atoms with Gasteiger partial charge in [0.25, 0.3) is 0 Å². The van der Waals surface area contributed by atoms with Gasteiger partial charge in [-0.2, -0.15) is 0 Å². The van der Waals surface area contributed by atoms with E-state index < -0.39 is 23.1 Å². The highest BCUT2D eigenvalue weighted by Gasteiger charge is 2.34. The van der Waals surface area contributed by atoms with Gasteiger partial charge in [-0.25, -0.2) is 9.59 Å². The Morgan fingerprint density at radius 3 is 2.39 bits per heavy atom. The van der Waals surface area contributed by atoms with Crippen LogP contribution in [0.5, 0.6) is 5.75 Å². The number of ether oxygens (including phenoxy) is 3. The van der Waals surface area contributed by atoms with Gasteiger partial charge in [0.15, 0.2) is 5.60 Å². The summed E-state index contributed by atoms with van der Waals surface area (Å²) < 4.78 is 16.0. The summed E-state index contributed by atoms with van der Waals surface area (Å²) in [5.74, 6) is -0.580. The molecule has 0 N–H and O–H groups in total. The number of carbonyl (C=O) groups excluding carboxylic acids is 2. The Labute approximate surface area is 137 Å². The molecule has 0 radical (unpaired) electrons. The van der Waals surface area contributed by atoms with Crippen molar-refractivity contribution in [3.63, 3.8) is 0 Å². The SMILES string of the molecule is C=CCOC(=O)c1cccc(OC(C)(C)C(=O)OC(C)(C)C)c1. The van der Waals surface area contributed by atoms with Crippen LogP contribution in [0.3, 0.4) is 0 Å². The third-order valence-electron chi connectivity index (χ3n) is 2.67. The summed E-state index contributed by atoms with van der Waals surface area (Å²) >= 11 is 0. The minimum atomic E-state index is -1.18. The maximum absolute atomic E-state index is 12.2. The highest BCUT2D eigenvalue weighted by Crippen LogP contribution is 2.23. The first-order chi connectivity index (χ1) is 10.5. The van der Waals surface area contributed by atoms with Gasteiger partial charge in [-0.05, 0) is 52.8 Å². The van der Waals surface area contributed by atoms with Crippen LogP contribution in [0.25, 0.3) is 0 Å². The Hall–Kier alpha value is -2.30. The first kappa shape index (κ1) is 18.7. The molecule has 5 nitrogen and oxygen atoms in total. The molecule has 126 valence electrons. The Bertz CT molecular complexity index is 581. The van der Waals surface area contributed by atoms with E-state index in [4.69, 9.17) is 14.2 Å². The predicted octanol–water partition coefficient (Wildman–Crippen LogP) is 3.53. The Morgan fingerprint density at radius 1 is 1.17 bits per heavy atom. The van der Waals surface area contributed by atoms with Crippen LogP contribution in [0, 0.1) is 0 Å². The van der Waals surface area contributed by atoms with Gasteiger partial charge in [0, 0.05) is 0 Å². The van der Waals surface area contributed by atoms with E-state index in [1.165, 1.54) is 12.1 Å². The summed E-state index contributed by atoms with van der Waals surface area (Å²) in [6, 6.07) is 6.46. The van der Waals surface area contributed by atoms with Crippen LogP contribution in [0.4, 0.5) is 0 Å². The van der Waals surface area contributed by atoms with Gasteiger partial charge >= 0.3 is 11.9 Å². The highest BCUT2D eigenvalue weighted by atomic mass is 16.6. The molecule has 0 saturated carbocycles. The lowest BCUT2D eigenvalue weighted by molar-refractivity contribution is -0.170. The van der Waals surface area contributed by atoms with Crippen molar-refractivity contribution in [3.05, 3.63) is 42.5 Å². The second-order valence-corrected chi connectivity index (χ2v) is 6.53. The molecule has 0 fully saturated rings. The molecule has 1 aromatic carbocycles. The van der Waals surface area contributed by atoms with E-state index in [2.05, 4.69) is 6.58 Å². The minimum absolute atomic E-state index is 0.132. The average Bonchev–Trinajstić information content (AvgIpc) is 2.42. The molecule has 0 unspecified atom stereocenters. The molecule has 0 amide bonds. The number of rotatable bonds is 6. The molecule has 0 heterocycles. The fraction of sp³-hybridized carbons (Fsp3) is 0.444. The molecule has 0 aliphatic heterocycles. The minimum Gasteiger partial charge on any atom is -0.476 e. The zero-order chi connectivity index (χ0) is 17.7. The second kappa shape index (κ2) is 7.31. The molecular formula is C18H24O5. The summed E-state index contributed by atoms with van der Waals surface area (Å²) in [5.41, 5.74) is -1.45. The van der Waals surface area contributed by atoms with E-state index >= 15 is 0 Å². The van der Waals surface area contributed by atoms with Crippen LogP contribution in [-0.4, -0.2) is 29.7 Å². The van der Waals surface area contributed by atoms with Crippen molar-refractivity contribution in [3.8, 4) is 5.75 Å². The predicted molar refractivity (Wildman–Crippen MR) is 87.5 cm³/mol. The summed E-state index contributed by atoms with van der Waals surface area (Å²) in [7, 11) is 0. The maximum atomic E-state index is 12.2. The summed E-state index contributed by atoms with van der Waals surface area (Å²) in [6.45, 7) is 12.2. The molecule has 1 rings (SSSR count). The fourth-order valence-electron chi connectivity index (χ4n) is 1.64. The smallest absolute Gasteiger partial charge is 0.350 e. The molecule has 0 aromatic heterocycles. The first-order valence-electron chi connectivity index (χ1n) is 7.36. The monoisotopic (exact) mass is 320 g/mol. The van der Waals surface area contributed by atoms with Gasteiger partial charge in [0.2, 0.25) is 0 Å². The van der Waals surface area contributed by atoms with Crippen molar-refractivity contribution < 1.29 is 23.8 Å². The Balaban J connectivity index is 2.85. The van der Waals surface area contributed by atoms with Gasteiger partial charge in [0.1, 0.15) is 18.0 Å². The molecule has 1 aromatic rings. The lowest BCUT2D eigenvalue weighted by Gasteiger charge is -2.29. The normalized spacial score (nSPS) is 11.5. The van der Waals surface area contributed by atoms with Crippen LogP contribution in [-0.2, 0) is 14.3 Å². The van der Waals surface area contributed by atoms with Crippen LogP contribution in [0.2, 0.25) is 0 Å². The van der Waals surface area contributed by atoms with Crippen LogP contribution < -0.4 is 4.74 Å². The zero-order valence-electron chi connectivity index (χ0n) is 14.3. The topological polar surface area (TPSA) is 61.8 Å². The standard InChI is InChI=1S/C18H24O5/c1-7-11-21-15(19)13-9-8-10-14(12-13)22-18(5,6)16(20)23-17(2,3)4/h7-10,12H,1,11H2,2-6H3. The number of carbonyl (C=O) groups is 2. The lowest BCUT2D eigenvalue weighted by Crippen LogP contribution is -2.43. The number of hydrogen-bond acceptors (Lipinski definition) is 5. The van der Waals surface area contributed by atoms with Crippen LogP contribution in [0.15, 0.2) is 36.9 Å². The van der Waals surface area contributed by atoms with E-state index in [0.29, 0.717) is 11.3 Å². The van der Waals surface area contributed by atoms with Crippen LogP contribution in [0.1, 0.15) is 45.0 Å². The first-order valence-corrected chi connectivity index (χ1v) is 7.36. The third kappa shape index (κ3) is 6.14. The quantitative estimate of drug-likeness (QED) is 0.593. The third-order valence-corrected chi connectivity index (χ3v) is 2.67. The van der Waals surface area contributed by atoms with Crippen molar-refractivity contribution >= 4 is 11.9 Å². The van der Waals surface area contributed by atoms with Crippen molar-refractivity contribution in [1.82, 2.24) is 0 Å². The molecule has 0 bridgehead atoms. The number of benzene rings is 1. The van der Waals surface area contributed by atoms with E-state index in [1.807, 2.05) is 0 Å². The summed E-state index contributed by atoms with van der Waals surface area (Å²) in [4.78, 5) is 24.0. The van der Waals surface area contributed by atoms with Gasteiger partial charge in [-0.3, -0.25) is 0 Å². The molecule has 23 heavy (non-hydrogen) atoms. The number of hydrogen-bond donors (Lipinski definition) is 0. The molecule has 0 saturated heterocycles. The van der Waals surface area contributed by atoms with Crippen molar-refractivity contribution in [2.75, 3.05) is 6.61 Å². The molecular weight excluding hydrogens is 296 g/mol. The van der Waals surface area contributed by atoms with Gasteiger partial charge < -0.3 is 14.2 Å². The largest absolute Gasteiger partial charge is 0.476 e. The van der Waals surface area contributed by atoms with Crippen molar-refractivity contribution in [2.24, 2.45) is 0 Å². The molecule has 0 aliphatic rings. The van der Waals surface area contributed by atoms with E-state index in [0.717, 1.165) is 0 Å². The Morgan fingerprint density at radius 2 is 1.83 bits per heavy atom. The summed E-state index contributed by atoms with van der Waals surface area (Å²) in [6.07, 6.45) is 1.49. The zero-order valence-corrected chi connectivity index (χ0v) is 14.3. The van der Waals surface area contributed by atoms with Crippen molar-refractivity contribution in [2.45, 2.75) is 45.8 Å². The van der Waals surface area contributed by atoms with Gasteiger partial charge in [0.05, 0.1) is 5.56 Å². The van der Waals surface area contributed by atoms with E-state index in [9.17, 15) is 9.59 Å². The molecule has 0 aliphatic carbocycles. The fourth-order valence-corrected chi connectivity index (χ4v) is 1.64. The molecule has 0 atom stereocenters. The van der Waals surface area contributed by atoms with Crippen LogP contribution >= 0.6 is 0 Å². The van der Waals surface area contributed by atoms with Crippen molar-refractivity contribution in [1.29, 1.82) is 0 Å².